The van der Waals surface area contributed by atoms with E-state index in [-0.39, 0.29) is 0 Å². The molecular formula is C31H86O12Si12. The Morgan fingerprint density at radius 1 is 0.400 bits per heavy atom. The first kappa shape index (κ1) is 56.9. The molecule has 0 aromatic carbocycles. The molecule has 55 heavy (non-hydrogen) atoms. The molecule has 0 amide bonds. The lowest BCUT2D eigenvalue weighted by Crippen LogP contribution is -2.74. The van der Waals surface area contributed by atoms with Crippen LogP contribution in [-0.4, -0.2) is 116 Å². The highest BCUT2D eigenvalue weighted by molar-refractivity contribution is 6.95. The maximum Gasteiger partial charge on any atom is 0.645 e. The van der Waals surface area contributed by atoms with Gasteiger partial charge in [-0.25, -0.2) is 0 Å². The molecule has 330 valence electrons. The Kier molecular flexibility index (Phi) is 21.5. The van der Waals surface area contributed by atoms with E-state index in [1.54, 1.807) is 0 Å². The average molecular weight is 988 g/mol. The first-order valence-electron chi connectivity index (χ1n) is 19.7. The highest BCUT2D eigenvalue weighted by atomic mass is 28.6. The smallest absolute Gasteiger partial charge is 0.419 e. The number of ether oxygens (including phenoxy) is 1. The monoisotopic (exact) mass is 986 g/mol. The Balaban J connectivity index is 8.40. The molecule has 0 radical (unpaired) electrons. The van der Waals surface area contributed by atoms with Gasteiger partial charge in [0.1, 0.15) is 0 Å². The molecule has 0 rings (SSSR count). The van der Waals surface area contributed by atoms with Crippen molar-refractivity contribution in [2.45, 2.75) is 177 Å². The molecule has 0 bridgehead atoms. The molecule has 0 saturated carbocycles. The van der Waals surface area contributed by atoms with Crippen molar-refractivity contribution in [2.24, 2.45) is 0 Å². The summed E-state index contributed by atoms with van der Waals surface area (Å²) in [7, 11) is -34.6. The minimum Gasteiger partial charge on any atom is -0.419 e. The van der Waals surface area contributed by atoms with Gasteiger partial charge in [-0.15, -0.1) is 0 Å². The Morgan fingerprint density at radius 2 is 0.727 bits per heavy atom. The quantitative estimate of drug-likeness (QED) is 0.0423. The Morgan fingerprint density at radius 3 is 1.02 bits per heavy atom. The van der Waals surface area contributed by atoms with Crippen LogP contribution in [0, 0.1) is 0 Å². The lowest BCUT2D eigenvalue weighted by Gasteiger charge is -2.49. The van der Waals surface area contributed by atoms with E-state index >= 15 is 0 Å². The molecule has 24 heteroatoms. The fraction of sp³-hybridized carbons (Fsp3) is 0.935. The molecule has 0 fully saturated rings. The van der Waals surface area contributed by atoms with Crippen LogP contribution < -0.4 is 0 Å². The van der Waals surface area contributed by atoms with E-state index in [9.17, 15) is 0 Å². The van der Waals surface area contributed by atoms with Gasteiger partial charge in [-0.2, -0.15) is 0 Å². The Bertz CT molecular complexity index is 1110. The molecule has 0 N–H and O–H groups in total. The van der Waals surface area contributed by atoms with Crippen LogP contribution in [0.15, 0.2) is 12.2 Å². The van der Waals surface area contributed by atoms with Crippen LogP contribution in [0.5, 0.6) is 0 Å². The maximum absolute atomic E-state index is 7.63. The first-order valence-corrected chi connectivity index (χ1v) is 53.6. The largest absolute Gasteiger partial charge is 0.645 e. The van der Waals surface area contributed by atoms with Gasteiger partial charge in [0.25, 0.3) is 0 Å². The average Bonchev–Trinajstić information content (AvgIpc) is 2.73. The fourth-order valence-electron chi connectivity index (χ4n) is 4.66. The molecule has 12 nitrogen and oxygen atoms in total. The molecular weight excluding hydrogens is 901 g/mol. The summed E-state index contributed by atoms with van der Waals surface area (Å²) < 4.78 is 85.5. The van der Waals surface area contributed by atoms with E-state index in [2.05, 4.69) is 164 Å². The molecule has 0 heterocycles. The van der Waals surface area contributed by atoms with E-state index in [4.69, 9.17) is 50.0 Å². The number of hydrogen-bond acceptors (Lipinski definition) is 12. The zero-order valence-electron chi connectivity index (χ0n) is 40.0. The van der Waals surface area contributed by atoms with Gasteiger partial charge in [0.05, 0.1) is 6.61 Å². The van der Waals surface area contributed by atoms with E-state index in [1.165, 1.54) is 0 Å². The zero-order chi connectivity index (χ0) is 44.0. The standard InChI is InChI=1S/C31H86O12Si12/c1-31(2)30-32-28-27-29-53(36-47(9,10)11,37-48(12,13)14)42-55(40-51(21,22)23,41-52(24,25)26)43-54(38-49(15,16)17,39-50(18,19)20)35-44(33-45(3,4)5)34-46(6,7)8/h44H,1,27-30H2,2-26H3. The van der Waals surface area contributed by atoms with Crippen LogP contribution in [-0.2, 0) is 50.0 Å². The third-order valence-corrected chi connectivity index (χ3v) is 41.0. The van der Waals surface area contributed by atoms with E-state index in [1.807, 2.05) is 6.92 Å². The van der Waals surface area contributed by atoms with Gasteiger partial charge in [0.15, 0.2) is 66.5 Å². The summed E-state index contributed by atoms with van der Waals surface area (Å²) in [6.07, 6.45) is 0.637. The first-order chi connectivity index (χ1) is 23.9. The van der Waals surface area contributed by atoms with Crippen molar-refractivity contribution in [1.29, 1.82) is 0 Å². The summed E-state index contributed by atoms with van der Waals surface area (Å²) in [5.41, 5.74) is 0.965. The lowest BCUT2D eigenvalue weighted by molar-refractivity contribution is 0.0430. The van der Waals surface area contributed by atoms with Crippen LogP contribution in [0.4, 0.5) is 0 Å². The molecule has 0 aromatic heterocycles. The summed E-state index contributed by atoms with van der Waals surface area (Å²) in [6, 6.07) is 0.480. The molecule has 0 aromatic rings. The van der Waals surface area contributed by atoms with Crippen molar-refractivity contribution in [3.63, 3.8) is 0 Å². The molecule has 0 spiro atoms. The minimum atomic E-state index is -4.42. The van der Waals surface area contributed by atoms with Crippen molar-refractivity contribution in [3.05, 3.63) is 12.2 Å². The predicted octanol–water partition coefficient (Wildman–Crippen LogP) is 10.4. The van der Waals surface area contributed by atoms with Gasteiger partial charge in [0.2, 0.25) is 0 Å². The molecule has 0 saturated heterocycles. The minimum absolute atomic E-state index is 0.480. The maximum atomic E-state index is 7.63. The van der Waals surface area contributed by atoms with Crippen molar-refractivity contribution in [3.8, 4) is 0 Å². The summed E-state index contributed by atoms with van der Waals surface area (Å²) in [4.78, 5) is 0. The summed E-state index contributed by atoms with van der Waals surface area (Å²) in [5.74, 6) is 0. The summed E-state index contributed by atoms with van der Waals surface area (Å²) in [6.45, 7) is 58.1. The third-order valence-electron chi connectivity index (χ3n) is 5.44. The lowest BCUT2D eigenvalue weighted by atomic mass is 10.4. The van der Waals surface area contributed by atoms with Crippen molar-refractivity contribution in [1.82, 2.24) is 0 Å². The molecule has 0 aliphatic carbocycles. The second-order valence-corrected chi connectivity index (χ2v) is 69.8. The van der Waals surface area contributed by atoms with Gasteiger partial charge in [0, 0.05) is 12.7 Å². The highest BCUT2D eigenvalue weighted by Gasteiger charge is 2.68. The molecule has 0 atom stereocenters. The van der Waals surface area contributed by atoms with E-state index < -0.39 is 103 Å². The zero-order valence-corrected chi connectivity index (χ0v) is 52.2. The van der Waals surface area contributed by atoms with Crippen LogP contribution in [0.2, 0.25) is 163 Å². The van der Waals surface area contributed by atoms with Crippen molar-refractivity contribution < 1.29 is 50.0 Å². The van der Waals surface area contributed by atoms with Crippen molar-refractivity contribution >= 4 is 103 Å². The number of rotatable bonds is 28. The van der Waals surface area contributed by atoms with Crippen LogP contribution in [0.1, 0.15) is 13.3 Å². The highest BCUT2D eigenvalue weighted by Crippen LogP contribution is 2.38. The van der Waals surface area contributed by atoms with Crippen LogP contribution >= 0.6 is 0 Å². The van der Waals surface area contributed by atoms with Gasteiger partial charge in [-0.1, -0.05) is 12.2 Å². The SMILES string of the molecule is C=C(C)COCCC[Si](O[Si](C)(C)C)(O[Si](C)(C)C)O[Si](O[Si](C)(C)C)(O[Si](C)(C)C)O[Si](O[SiH](O[Si](C)(C)C)O[Si](C)(C)C)(O[Si](C)(C)C)O[Si](C)(C)C. The third kappa shape index (κ3) is 29.7. The van der Waals surface area contributed by atoms with E-state index in [0.29, 0.717) is 25.7 Å². The van der Waals surface area contributed by atoms with Gasteiger partial charge in [-0.3, -0.25) is 0 Å². The van der Waals surface area contributed by atoms with Gasteiger partial charge < -0.3 is 50.0 Å². The molecule has 0 aliphatic rings. The topological polar surface area (TPSA) is 111 Å². The van der Waals surface area contributed by atoms with Crippen molar-refractivity contribution in [2.75, 3.05) is 13.2 Å². The predicted molar refractivity (Wildman–Crippen MR) is 258 cm³/mol. The second kappa shape index (κ2) is 20.8. The fourth-order valence-corrected chi connectivity index (χ4v) is 44.5. The normalized spacial score (nSPS) is 15.3. The summed E-state index contributed by atoms with van der Waals surface area (Å²) >= 11 is 0. The Hall–Kier alpha value is 1.86. The van der Waals surface area contributed by atoms with Gasteiger partial charge in [-0.05, 0) is 170 Å². The molecule has 0 aliphatic heterocycles. The Labute approximate surface area is 352 Å². The summed E-state index contributed by atoms with van der Waals surface area (Å²) in [5, 5.41) is 0. The van der Waals surface area contributed by atoms with E-state index in [0.717, 1.165) is 5.57 Å². The number of hydrogen-bond donors (Lipinski definition) is 0. The van der Waals surface area contributed by atoms with Gasteiger partial charge >= 0.3 is 36.4 Å². The van der Waals surface area contributed by atoms with Crippen LogP contribution in [0.25, 0.3) is 0 Å². The van der Waals surface area contributed by atoms with Crippen LogP contribution in [0.3, 0.4) is 0 Å². The second-order valence-electron chi connectivity index (χ2n) is 22.2. The molecule has 0 unspecified atom stereocenters.